The number of aliphatic hydroxyl groups is 1. The molecule has 1 heterocycles. The number of aliphatic hydroxyl groups excluding tert-OH is 1. The SMILES string of the molecule is O=C(OCc1coc(-c2ccccc2)n1)c1ccccc1NCCO. The maximum Gasteiger partial charge on any atom is 0.340 e. The number of hydrogen-bond donors (Lipinski definition) is 2. The van der Waals surface area contributed by atoms with Gasteiger partial charge in [-0.25, -0.2) is 9.78 Å². The molecular weight excluding hydrogens is 320 g/mol. The number of nitrogens with one attached hydrogen (secondary N) is 1. The minimum Gasteiger partial charge on any atom is -0.455 e. The first-order valence-corrected chi connectivity index (χ1v) is 7.88. The smallest absolute Gasteiger partial charge is 0.340 e. The van der Waals surface area contributed by atoms with Crippen LogP contribution < -0.4 is 5.32 Å². The van der Waals surface area contributed by atoms with Crippen molar-refractivity contribution >= 4 is 11.7 Å². The van der Waals surface area contributed by atoms with E-state index in [1.165, 1.54) is 6.26 Å². The van der Waals surface area contributed by atoms with Gasteiger partial charge in [0.05, 0.1) is 12.2 Å². The number of rotatable bonds is 7. The van der Waals surface area contributed by atoms with Crippen LogP contribution in [0, 0.1) is 0 Å². The van der Waals surface area contributed by atoms with Crippen LogP contribution in [0.15, 0.2) is 65.3 Å². The Kier molecular flexibility index (Phi) is 5.43. The maximum atomic E-state index is 12.3. The lowest BCUT2D eigenvalue weighted by molar-refractivity contribution is 0.0469. The van der Waals surface area contributed by atoms with Crippen LogP contribution in [0.5, 0.6) is 0 Å². The van der Waals surface area contributed by atoms with Crippen molar-refractivity contribution in [3.05, 3.63) is 72.1 Å². The Labute approximate surface area is 145 Å². The molecule has 0 aliphatic heterocycles. The molecule has 0 spiro atoms. The summed E-state index contributed by atoms with van der Waals surface area (Å²) < 4.78 is 10.7. The van der Waals surface area contributed by atoms with Crippen LogP contribution in [0.2, 0.25) is 0 Å². The molecule has 2 N–H and O–H groups in total. The van der Waals surface area contributed by atoms with Gasteiger partial charge in [-0.1, -0.05) is 30.3 Å². The highest BCUT2D eigenvalue weighted by molar-refractivity contribution is 5.95. The third-order valence-corrected chi connectivity index (χ3v) is 3.50. The van der Waals surface area contributed by atoms with E-state index in [1.807, 2.05) is 30.3 Å². The van der Waals surface area contributed by atoms with Gasteiger partial charge in [-0.05, 0) is 24.3 Å². The third-order valence-electron chi connectivity index (χ3n) is 3.50. The van der Waals surface area contributed by atoms with Crippen molar-refractivity contribution in [3.63, 3.8) is 0 Å². The third kappa shape index (κ3) is 4.24. The largest absolute Gasteiger partial charge is 0.455 e. The first kappa shape index (κ1) is 16.7. The van der Waals surface area contributed by atoms with Crippen LogP contribution in [0.3, 0.4) is 0 Å². The number of ether oxygens (including phenoxy) is 1. The predicted octanol–water partition coefficient (Wildman–Crippen LogP) is 3.10. The van der Waals surface area contributed by atoms with Gasteiger partial charge < -0.3 is 19.6 Å². The van der Waals surface area contributed by atoms with Gasteiger partial charge >= 0.3 is 5.97 Å². The van der Waals surface area contributed by atoms with Crippen molar-refractivity contribution in [2.24, 2.45) is 0 Å². The van der Waals surface area contributed by atoms with Crippen LogP contribution in [0.25, 0.3) is 11.5 Å². The van der Waals surface area contributed by atoms with Crippen molar-refractivity contribution in [2.75, 3.05) is 18.5 Å². The highest BCUT2D eigenvalue weighted by Crippen LogP contribution is 2.20. The summed E-state index contributed by atoms with van der Waals surface area (Å²) in [6.45, 7) is 0.349. The highest BCUT2D eigenvalue weighted by Gasteiger charge is 2.14. The fourth-order valence-corrected chi connectivity index (χ4v) is 2.31. The Morgan fingerprint density at radius 3 is 2.68 bits per heavy atom. The summed E-state index contributed by atoms with van der Waals surface area (Å²) in [4.78, 5) is 16.6. The van der Waals surface area contributed by atoms with E-state index in [-0.39, 0.29) is 13.2 Å². The first-order valence-electron chi connectivity index (χ1n) is 7.88. The Morgan fingerprint density at radius 1 is 1.12 bits per heavy atom. The minimum absolute atomic E-state index is 0.0174. The summed E-state index contributed by atoms with van der Waals surface area (Å²) in [5.41, 5.74) is 2.42. The van der Waals surface area contributed by atoms with E-state index < -0.39 is 5.97 Å². The molecule has 0 unspecified atom stereocenters. The number of para-hydroxylation sites is 1. The average molecular weight is 338 g/mol. The molecule has 0 saturated carbocycles. The maximum absolute atomic E-state index is 12.3. The molecule has 3 rings (SSSR count). The lowest BCUT2D eigenvalue weighted by atomic mass is 10.2. The number of aromatic nitrogens is 1. The molecule has 1 aromatic heterocycles. The summed E-state index contributed by atoms with van der Waals surface area (Å²) in [6.07, 6.45) is 1.48. The Bertz CT molecular complexity index is 830. The second kappa shape index (κ2) is 8.12. The molecule has 0 saturated heterocycles. The van der Waals surface area contributed by atoms with E-state index in [0.29, 0.717) is 29.4 Å². The van der Waals surface area contributed by atoms with Crippen LogP contribution in [-0.4, -0.2) is 29.2 Å². The van der Waals surface area contributed by atoms with Crippen LogP contribution in [-0.2, 0) is 11.3 Å². The van der Waals surface area contributed by atoms with Gasteiger partial charge in [0.15, 0.2) is 0 Å². The molecule has 0 amide bonds. The molecule has 6 heteroatoms. The Balaban J connectivity index is 1.64. The molecule has 0 aliphatic carbocycles. The van der Waals surface area contributed by atoms with E-state index >= 15 is 0 Å². The summed E-state index contributed by atoms with van der Waals surface area (Å²) in [7, 11) is 0. The average Bonchev–Trinajstić information content (AvgIpc) is 3.14. The van der Waals surface area contributed by atoms with Gasteiger partial charge in [-0.2, -0.15) is 0 Å². The minimum atomic E-state index is -0.467. The number of carbonyl (C=O) groups is 1. The van der Waals surface area contributed by atoms with Crippen molar-refractivity contribution in [3.8, 4) is 11.5 Å². The topological polar surface area (TPSA) is 84.6 Å². The van der Waals surface area contributed by atoms with Crippen molar-refractivity contribution in [2.45, 2.75) is 6.61 Å². The van der Waals surface area contributed by atoms with Gasteiger partial charge in [0.1, 0.15) is 18.6 Å². The summed E-state index contributed by atoms with van der Waals surface area (Å²) in [5.74, 6) is 0.0157. The second-order valence-electron chi connectivity index (χ2n) is 5.28. The van der Waals surface area contributed by atoms with Crippen molar-refractivity contribution < 1.29 is 19.1 Å². The van der Waals surface area contributed by atoms with Crippen LogP contribution in [0.4, 0.5) is 5.69 Å². The van der Waals surface area contributed by atoms with Gasteiger partial charge in [0.25, 0.3) is 0 Å². The number of oxazole rings is 1. The van der Waals surface area contributed by atoms with Crippen LogP contribution >= 0.6 is 0 Å². The number of benzene rings is 2. The Hall–Kier alpha value is -3.12. The highest BCUT2D eigenvalue weighted by atomic mass is 16.5. The number of nitrogens with zero attached hydrogens (tertiary/aromatic N) is 1. The number of carbonyl (C=O) groups excluding carboxylic acids is 1. The molecule has 0 atom stereocenters. The molecule has 0 radical (unpaired) electrons. The quantitative estimate of drug-likeness (QED) is 0.644. The summed E-state index contributed by atoms with van der Waals surface area (Å²) >= 11 is 0. The lowest BCUT2D eigenvalue weighted by Gasteiger charge is -2.10. The standard InChI is InChI=1S/C19H18N2O4/c22-11-10-20-17-9-5-4-8-16(17)19(23)25-13-15-12-24-18(21-15)14-6-2-1-3-7-14/h1-9,12,20,22H,10-11,13H2. The molecular formula is C19H18N2O4. The van der Waals surface area contributed by atoms with Crippen molar-refractivity contribution in [1.82, 2.24) is 4.98 Å². The summed E-state index contributed by atoms with van der Waals surface area (Å²) in [5, 5.41) is 11.9. The molecule has 0 bridgehead atoms. The normalized spacial score (nSPS) is 10.4. The fraction of sp³-hybridized carbons (Fsp3) is 0.158. The number of anilines is 1. The monoisotopic (exact) mass is 338 g/mol. The van der Waals surface area contributed by atoms with Gasteiger partial charge in [-0.3, -0.25) is 0 Å². The fourth-order valence-electron chi connectivity index (χ4n) is 2.31. The molecule has 3 aromatic rings. The molecule has 6 nitrogen and oxygen atoms in total. The van der Waals surface area contributed by atoms with Gasteiger partial charge in [0, 0.05) is 17.8 Å². The number of hydrogen-bond acceptors (Lipinski definition) is 6. The number of esters is 1. The van der Waals surface area contributed by atoms with Crippen molar-refractivity contribution in [1.29, 1.82) is 0 Å². The molecule has 128 valence electrons. The van der Waals surface area contributed by atoms with E-state index in [2.05, 4.69) is 10.3 Å². The first-order chi connectivity index (χ1) is 12.3. The zero-order valence-electron chi connectivity index (χ0n) is 13.5. The van der Waals surface area contributed by atoms with E-state index in [9.17, 15) is 4.79 Å². The molecule has 0 aliphatic rings. The zero-order chi connectivity index (χ0) is 17.5. The Morgan fingerprint density at radius 2 is 1.88 bits per heavy atom. The van der Waals surface area contributed by atoms with E-state index in [4.69, 9.17) is 14.3 Å². The van der Waals surface area contributed by atoms with Crippen LogP contribution in [0.1, 0.15) is 16.1 Å². The van der Waals surface area contributed by atoms with Gasteiger partial charge in [0.2, 0.25) is 5.89 Å². The zero-order valence-corrected chi connectivity index (χ0v) is 13.5. The predicted molar refractivity (Wildman–Crippen MR) is 93.1 cm³/mol. The second-order valence-corrected chi connectivity index (χ2v) is 5.28. The van der Waals surface area contributed by atoms with E-state index in [1.54, 1.807) is 24.3 Å². The molecule has 2 aromatic carbocycles. The molecule has 25 heavy (non-hydrogen) atoms. The molecule has 0 fully saturated rings. The van der Waals surface area contributed by atoms with Gasteiger partial charge in [-0.15, -0.1) is 0 Å². The lowest BCUT2D eigenvalue weighted by Crippen LogP contribution is -2.12. The summed E-state index contributed by atoms with van der Waals surface area (Å²) in [6, 6.07) is 16.5. The van der Waals surface area contributed by atoms with E-state index in [0.717, 1.165) is 5.56 Å².